The molecular formula is C20H20ClN5O3. The molecule has 1 amide bonds. The van der Waals surface area contributed by atoms with Gasteiger partial charge in [0.1, 0.15) is 18.1 Å². The topological polar surface area (TPSA) is 82.4 Å². The summed E-state index contributed by atoms with van der Waals surface area (Å²) in [6, 6.07) is 5.04. The van der Waals surface area contributed by atoms with Crippen molar-refractivity contribution in [3.8, 4) is 11.6 Å². The summed E-state index contributed by atoms with van der Waals surface area (Å²) < 4.78 is 12.9. The van der Waals surface area contributed by atoms with Gasteiger partial charge in [-0.2, -0.15) is 5.10 Å². The van der Waals surface area contributed by atoms with E-state index in [1.165, 1.54) is 7.11 Å². The second-order valence-electron chi connectivity index (χ2n) is 6.65. The lowest BCUT2D eigenvalue weighted by molar-refractivity contribution is 0.0729. The molecule has 0 atom stereocenters. The molecule has 29 heavy (non-hydrogen) atoms. The van der Waals surface area contributed by atoms with Gasteiger partial charge in [-0.25, -0.2) is 4.98 Å². The fourth-order valence-corrected chi connectivity index (χ4v) is 3.65. The Labute approximate surface area is 173 Å². The number of benzene rings is 1. The number of hydrogen-bond acceptors (Lipinski definition) is 6. The van der Waals surface area contributed by atoms with E-state index in [1.54, 1.807) is 41.7 Å². The van der Waals surface area contributed by atoms with E-state index < -0.39 is 0 Å². The van der Waals surface area contributed by atoms with Crippen molar-refractivity contribution >= 4 is 17.5 Å². The number of nitrogens with zero attached hydrogens (tertiary/aromatic N) is 5. The van der Waals surface area contributed by atoms with Gasteiger partial charge >= 0.3 is 0 Å². The zero-order chi connectivity index (χ0) is 20.4. The number of ether oxygens (including phenoxy) is 2. The van der Waals surface area contributed by atoms with Gasteiger partial charge in [-0.15, -0.1) is 0 Å². The van der Waals surface area contributed by atoms with E-state index in [0.717, 1.165) is 17.0 Å². The SMILES string of the molecule is COc1ccc(Cl)cc1C(=O)N1CCc2c(c(COc3cnccn3)nn2C)C1. The van der Waals surface area contributed by atoms with Crippen LogP contribution in [-0.4, -0.2) is 44.2 Å². The number of rotatable bonds is 5. The minimum atomic E-state index is -0.125. The molecule has 4 rings (SSSR count). The van der Waals surface area contributed by atoms with E-state index in [4.69, 9.17) is 21.1 Å². The first kappa shape index (κ1) is 19.2. The molecule has 0 aliphatic carbocycles. The molecule has 0 N–H and O–H groups in total. The van der Waals surface area contributed by atoms with Crippen LogP contribution in [0.4, 0.5) is 0 Å². The van der Waals surface area contributed by atoms with E-state index >= 15 is 0 Å². The van der Waals surface area contributed by atoms with Crippen LogP contribution >= 0.6 is 11.6 Å². The number of aryl methyl sites for hydroxylation is 1. The quantitative estimate of drug-likeness (QED) is 0.639. The summed E-state index contributed by atoms with van der Waals surface area (Å²) in [5, 5.41) is 5.07. The van der Waals surface area contributed by atoms with Gasteiger partial charge in [0.05, 0.1) is 18.9 Å². The highest BCUT2D eigenvalue weighted by atomic mass is 35.5. The number of hydrogen-bond donors (Lipinski definition) is 0. The highest BCUT2D eigenvalue weighted by Crippen LogP contribution is 2.28. The molecule has 9 heteroatoms. The van der Waals surface area contributed by atoms with E-state index in [2.05, 4.69) is 15.1 Å². The molecule has 3 heterocycles. The summed E-state index contributed by atoms with van der Waals surface area (Å²) in [6.07, 6.45) is 5.42. The van der Waals surface area contributed by atoms with Crippen molar-refractivity contribution in [2.75, 3.05) is 13.7 Å². The molecule has 0 radical (unpaired) electrons. The van der Waals surface area contributed by atoms with Crippen LogP contribution in [0.5, 0.6) is 11.6 Å². The molecule has 1 aliphatic heterocycles. The number of methoxy groups -OCH3 is 1. The fraction of sp³-hybridized carbons (Fsp3) is 0.300. The predicted octanol–water partition coefficient (Wildman–Crippen LogP) is 2.65. The average molecular weight is 414 g/mol. The van der Waals surface area contributed by atoms with Crippen LogP contribution in [0.15, 0.2) is 36.8 Å². The highest BCUT2D eigenvalue weighted by Gasteiger charge is 2.29. The lowest BCUT2D eigenvalue weighted by Crippen LogP contribution is -2.36. The highest BCUT2D eigenvalue weighted by molar-refractivity contribution is 6.31. The molecule has 3 aromatic rings. The molecule has 1 aromatic carbocycles. The molecule has 150 valence electrons. The van der Waals surface area contributed by atoms with Crippen LogP contribution in [0.3, 0.4) is 0 Å². The molecule has 0 fully saturated rings. The summed E-state index contributed by atoms with van der Waals surface area (Å²) >= 11 is 6.10. The zero-order valence-electron chi connectivity index (χ0n) is 16.1. The van der Waals surface area contributed by atoms with Gasteiger partial charge < -0.3 is 14.4 Å². The van der Waals surface area contributed by atoms with Gasteiger partial charge in [0, 0.05) is 55.2 Å². The first-order chi connectivity index (χ1) is 14.1. The van der Waals surface area contributed by atoms with Crippen molar-refractivity contribution < 1.29 is 14.3 Å². The molecule has 8 nitrogen and oxygen atoms in total. The van der Waals surface area contributed by atoms with E-state index in [0.29, 0.717) is 41.7 Å². The fourth-order valence-electron chi connectivity index (χ4n) is 3.48. The van der Waals surface area contributed by atoms with Crippen LogP contribution in [0.25, 0.3) is 0 Å². The van der Waals surface area contributed by atoms with Crippen molar-refractivity contribution in [3.05, 3.63) is 64.3 Å². The maximum atomic E-state index is 13.1. The van der Waals surface area contributed by atoms with Gasteiger partial charge in [0.15, 0.2) is 0 Å². The van der Waals surface area contributed by atoms with Crippen LogP contribution in [0, 0.1) is 0 Å². The Morgan fingerprint density at radius 2 is 2.17 bits per heavy atom. The summed E-state index contributed by atoms with van der Waals surface area (Å²) in [4.78, 5) is 23.0. The number of carbonyl (C=O) groups is 1. The third-order valence-electron chi connectivity index (χ3n) is 4.90. The standard InChI is InChI=1S/C20H20ClN5O3/c1-25-17-5-8-26(20(27)14-9-13(21)3-4-18(14)28-2)11-15(17)16(24-25)12-29-19-10-22-6-7-23-19/h3-4,6-7,9-10H,5,8,11-12H2,1-2H3. The summed E-state index contributed by atoms with van der Waals surface area (Å²) in [5.74, 6) is 0.807. The summed E-state index contributed by atoms with van der Waals surface area (Å²) in [6.45, 7) is 1.28. The normalized spacial score (nSPS) is 13.1. The molecule has 2 aromatic heterocycles. The second-order valence-corrected chi connectivity index (χ2v) is 7.09. The predicted molar refractivity (Wildman–Crippen MR) is 106 cm³/mol. The second kappa shape index (κ2) is 8.08. The van der Waals surface area contributed by atoms with Crippen molar-refractivity contribution in [2.45, 2.75) is 19.6 Å². The van der Waals surface area contributed by atoms with Crippen LogP contribution in [0.1, 0.15) is 27.3 Å². The molecule has 1 aliphatic rings. The molecule has 0 spiro atoms. The Hall–Kier alpha value is -3.13. The number of carbonyl (C=O) groups excluding carboxylic acids is 1. The van der Waals surface area contributed by atoms with E-state index in [-0.39, 0.29) is 12.5 Å². The first-order valence-corrected chi connectivity index (χ1v) is 9.50. The van der Waals surface area contributed by atoms with Gasteiger partial charge in [0.2, 0.25) is 5.88 Å². The molecular weight excluding hydrogens is 394 g/mol. The number of fused-ring (bicyclic) bond motifs is 1. The molecule has 0 saturated heterocycles. The Bertz CT molecular complexity index is 1040. The van der Waals surface area contributed by atoms with Gasteiger partial charge in [-0.05, 0) is 18.2 Å². The Kier molecular flexibility index (Phi) is 5.35. The van der Waals surface area contributed by atoms with Crippen molar-refractivity contribution in [2.24, 2.45) is 7.05 Å². The van der Waals surface area contributed by atoms with Crippen molar-refractivity contribution in [1.29, 1.82) is 0 Å². The van der Waals surface area contributed by atoms with Gasteiger partial charge in [0.25, 0.3) is 5.91 Å². The Balaban J connectivity index is 1.56. The van der Waals surface area contributed by atoms with Gasteiger partial charge in [-0.1, -0.05) is 11.6 Å². The van der Waals surface area contributed by atoms with Crippen molar-refractivity contribution in [1.82, 2.24) is 24.6 Å². The maximum absolute atomic E-state index is 13.1. The van der Waals surface area contributed by atoms with E-state index in [1.807, 2.05) is 11.7 Å². The minimum absolute atomic E-state index is 0.125. The third-order valence-corrected chi connectivity index (χ3v) is 5.14. The summed E-state index contributed by atoms with van der Waals surface area (Å²) in [7, 11) is 3.44. The maximum Gasteiger partial charge on any atom is 0.257 e. The smallest absolute Gasteiger partial charge is 0.257 e. The van der Waals surface area contributed by atoms with Crippen LogP contribution in [-0.2, 0) is 26.6 Å². The summed E-state index contributed by atoms with van der Waals surface area (Å²) in [5.41, 5.74) is 3.33. The molecule has 0 bridgehead atoms. The van der Waals surface area contributed by atoms with Crippen molar-refractivity contribution in [3.63, 3.8) is 0 Å². The van der Waals surface area contributed by atoms with Crippen LogP contribution < -0.4 is 9.47 Å². The average Bonchev–Trinajstić information content (AvgIpc) is 3.07. The number of amides is 1. The third kappa shape index (κ3) is 3.88. The first-order valence-electron chi connectivity index (χ1n) is 9.12. The lowest BCUT2D eigenvalue weighted by Gasteiger charge is -2.28. The Morgan fingerprint density at radius 1 is 1.31 bits per heavy atom. The number of aromatic nitrogens is 4. The van der Waals surface area contributed by atoms with E-state index in [9.17, 15) is 4.79 Å². The largest absolute Gasteiger partial charge is 0.496 e. The monoisotopic (exact) mass is 413 g/mol. The minimum Gasteiger partial charge on any atom is -0.496 e. The number of halogens is 1. The zero-order valence-corrected chi connectivity index (χ0v) is 16.9. The van der Waals surface area contributed by atoms with Gasteiger partial charge in [-0.3, -0.25) is 14.5 Å². The lowest BCUT2D eigenvalue weighted by atomic mass is 10.0. The molecule has 0 saturated carbocycles. The van der Waals surface area contributed by atoms with Crippen LogP contribution in [0.2, 0.25) is 5.02 Å². The molecule has 0 unspecified atom stereocenters. The Morgan fingerprint density at radius 3 is 2.93 bits per heavy atom.